The molecule has 0 aliphatic heterocycles. The van der Waals surface area contributed by atoms with Crippen LogP contribution in [0.5, 0.6) is 0 Å². The van der Waals surface area contributed by atoms with Crippen LogP contribution in [-0.2, 0) is 74.2 Å². The Bertz CT molecular complexity index is 6400. The van der Waals surface area contributed by atoms with Gasteiger partial charge in [-0.1, -0.05) is 54.6 Å². The monoisotopic (exact) mass is 1820 g/mol. The number of anilines is 12. The van der Waals surface area contributed by atoms with Crippen molar-refractivity contribution in [1.29, 1.82) is 14.3 Å². The van der Waals surface area contributed by atoms with Crippen LogP contribution in [0.1, 0.15) is 61.4 Å². The molecule has 3 amide bonds. The Labute approximate surface area is 729 Å². The number of hydrogen-bond acceptors (Lipinski definition) is 24. The van der Waals surface area contributed by atoms with Gasteiger partial charge in [-0.25, -0.2) is 59.5 Å². The normalized spacial score (nSPS) is 14.3. The highest BCUT2D eigenvalue weighted by Gasteiger charge is 2.51. The first-order valence-corrected chi connectivity index (χ1v) is 44.8. The molecule has 6 unspecified atom stereocenters. The summed E-state index contributed by atoms with van der Waals surface area (Å²) >= 11 is 0. The molecule has 27 nitrogen and oxygen atoms in total. The fourth-order valence-corrected chi connectivity index (χ4v) is 14.5. The van der Waals surface area contributed by atoms with E-state index in [1.54, 1.807) is 124 Å². The number of benzene rings is 9. The molecule has 128 heavy (non-hydrogen) atoms. The van der Waals surface area contributed by atoms with Crippen molar-refractivity contribution in [3.8, 4) is 33.4 Å². The van der Waals surface area contributed by atoms with Gasteiger partial charge < -0.3 is 63.2 Å². The molecular weight excluding hydrogens is 1740 g/mol. The highest BCUT2D eigenvalue weighted by Crippen LogP contribution is 2.49. The van der Waals surface area contributed by atoms with Gasteiger partial charge in [0.25, 0.3) is 0 Å². The van der Waals surface area contributed by atoms with Gasteiger partial charge in [0, 0.05) is 110 Å². The van der Waals surface area contributed by atoms with E-state index in [9.17, 15) is 77.5 Å². The van der Waals surface area contributed by atoms with Gasteiger partial charge in [0.1, 0.15) is 40.7 Å². The van der Waals surface area contributed by atoms with Gasteiger partial charge in [0.15, 0.2) is 0 Å². The van der Waals surface area contributed by atoms with Crippen LogP contribution in [0.3, 0.4) is 0 Å². The average Bonchev–Trinajstić information content (AvgIpc) is 1.61. The second kappa shape index (κ2) is 40.4. The SMILES string of the molecule is CC(CO)Nc1nc(Nc2ccc(S(C)(=N)=O)cc2)ncc1-c1ccc(NC(=O)C2(c3ccccc3)CC2)c(F)c1.CC(CO)Nc1nc(Nc2ccc(S(C)(=N)=O)cc2)ncc1-c1ccc(NC(=O)Cc2cc(C(F)(F)F)ccc2F)c(F)c1.CC(CO)Nc1nc(Nc2ccc(S(C)(=N)=O)cc2)ncc1-c1ccc(NC(=O)Cc2cc(C(F)(F)F)ccc2F)cc1. The summed E-state index contributed by atoms with van der Waals surface area (Å²) in [6, 6.07) is 46.1. The lowest BCUT2D eigenvalue weighted by Gasteiger charge is -2.18. The Hall–Kier alpha value is -13.5. The number of carbonyl (C=O) groups is 3. The Balaban J connectivity index is 0.000000186. The van der Waals surface area contributed by atoms with Gasteiger partial charge in [-0.2, -0.15) is 41.3 Å². The fraction of sp³-hybridized carbons (Fsp3) is 0.216. The number of alkyl halides is 6. The summed E-state index contributed by atoms with van der Waals surface area (Å²) in [6.45, 7) is 4.65. The molecule has 0 saturated heterocycles. The second-order valence-corrected chi connectivity index (χ2v) is 36.4. The molecule has 0 spiro atoms. The first-order chi connectivity index (χ1) is 60.4. The minimum atomic E-state index is -4.72. The fourth-order valence-electron chi connectivity index (χ4n) is 12.5. The summed E-state index contributed by atoms with van der Waals surface area (Å²) in [5.41, 5.74) is 2.04. The van der Waals surface area contributed by atoms with Crippen LogP contribution in [0.4, 0.5) is 113 Å². The predicted octanol–water partition coefficient (Wildman–Crippen LogP) is 17.8. The lowest BCUT2D eigenvalue weighted by Crippen LogP contribution is -2.28. The van der Waals surface area contributed by atoms with Crippen LogP contribution in [-0.4, -0.2) is 132 Å². The maximum absolute atomic E-state index is 15.3. The van der Waals surface area contributed by atoms with E-state index in [-0.39, 0.29) is 78.4 Å². The van der Waals surface area contributed by atoms with E-state index >= 15 is 8.78 Å². The van der Waals surface area contributed by atoms with E-state index in [0.717, 1.165) is 11.6 Å². The van der Waals surface area contributed by atoms with E-state index in [1.807, 2.05) is 30.3 Å². The third-order valence-electron chi connectivity index (χ3n) is 19.5. The van der Waals surface area contributed by atoms with Crippen LogP contribution in [0.25, 0.3) is 33.4 Å². The van der Waals surface area contributed by atoms with Gasteiger partial charge in [0.05, 0.1) is 89.8 Å². The van der Waals surface area contributed by atoms with Crippen molar-refractivity contribution in [1.82, 2.24) is 29.9 Å². The maximum atomic E-state index is 15.3. The van der Waals surface area contributed by atoms with Gasteiger partial charge in [-0.15, -0.1) is 0 Å². The van der Waals surface area contributed by atoms with Crippen molar-refractivity contribution in [3.63, 3.8) is 0 Å². The minimum absolute atomic E-state index is 0.0885. The highest BCUT2D eigenvalue weighted by atomic mass is 32.2. The molecule has 1 fully saturated rings. The van der Waals surface area contributed by atoms with Crippen LogP contribution < -0.4 is 47.9 Å². The molecule has 670 valence electrons. The first kappa shape index (κ1) is 95.1. The number of rotatable bonds is 30. The molecule has 3 aromatic heterocycles. The molecule has 40 heteroatoms. The van der Waals surface area contributed by atoms with Crippen molar-refractivity contribution >= 4 is 116 Å². The smallest absolute Gasteiger partial charge is 0.394 e. The third-order valence-corrected chi connectivity index (χ3v) is 23.1. The number of nitrogens with one attached hydrogen (secondary N) is 12. The van der Waals surface area contributed by atoms with Crippen molar-refractivity contribution < 1.29 is 86.2 Å². The van der Waals surface area contributed by atoms with Crippen molar-refractivity contribution in [2.24, 2.45) is 0 Å². The Morgan fingerprint density at radius 2 is 0.742 bits per heavy atom. The highest BCUT2D eigenvalue weighted by molar-refractivity contribution is 7.92. The summed E-state index contributed by atoms with van der Waals surface area (Å²) < 4.78 is 195. The number of nitrogens with zero attached hydrogens (tertiary/aromatic N) is 6. The van der Waals surface area contributed by atoms with E-state index in [1.165, 1.54) is 61.4 Å². The average molecular weight is 1830 g/mol. The van der Waals surface area contributed by atoms with E-state index in [2.05, 4.69) is 77.8 Å². The topological polar surface area (TPSA) is 420 Å². The molecule has 0 radical (unpaired) electrons. The zero-order valence-corrected chi connectivity index (χ0v) is 71.4. The van der Waals surface area contributed by atoms with Crippen LogP contribution in [0.2, 0.25) is 0 Å². The van der Waals surface area contributed by atoms with Gasteiger partial charge in [-0.05, 0) is 213 Å². The number of carbonyl (C=O) groups excluding carboxylic acids is 3. The molecule has 12 aromatic rings. The van der Waals surface area contributed by atoms with Gasteiger partial charge in [0.2, 0.25) is 35.6 Å². The quantitative estimate of drug-likeness (QED) is 0.0186. The Morgan fingerprint density at radius 3 is 1.07 bits per heavy atom. The molecule has 13 rings (SSSR count). The molecule has 9 aromatic carbocycles. The molecule has 15 N–H and O–H groups in total. The Morgan fingerprint density at radius 1 is 0.414 bits per heavy atom. The third kappa shape index (κ3) is 25.4. The number of halogens is 10. The second-order valence-electron chi connectivity index (χ2n) is 30.0. The number of amides is 3. The molecule has 6 atom stereocenters. The van der Waals surface area contributed by atoms with E-state index in [0.29, 0.717) is 132 Å². The molecule has 1 saturated carbocycles. The first-order valence-electron chi connectivity index (χ1n) is 38.9. The summed E-state index contributed by atoms with van der Waals surface area (Å²) in [6.07, 6.45) is -0.797. The zero-order chi connectivity index (χ0) is 92.8. The lowest BCUT2D eigenvalue weighted by molar-refractivity contribution is -0.138. The lowest BCUT2D eigenvalue weighted by atomic mass is 9.95. The summed E-state index contributed by atoms with van der Waals surface area (Å²) in [7, 11) is -8.57. The van der Waals surface area contributed by atoms with Gasteiger partial charge in [-0.3, -0.25) is 14.4 Å². The standard InChI is InChI=1S/C30H31FN6O3S.C29H27F5N6O3S.C29H28F4N6O3S/c1-19(18-38)34-27-24(17-33-29(37-27)35-22-9-11-23(12-10-22)41(2,32)40)20-8-13-26(25(31)16-20)36-28(39)30(14-15-30)21-6-4-3-5-7-21;1-16(15-41)37-27-22(14-36-28(40-27)38-20-5-7-21(8-6-20)44(2,35)43)17-3-10-25(24(31)12-17)39-26(42)13-18-11-19(29(32,33)34)4-9-23(18)30;1-17(16-40)36-27-24(15-35-28(39-27)38-22-8-10-23(11-9-22)43(2,34)42)18-3-6-21(7-4-18)37-26(41)14-19-13-20(29(31,32)33)5-12-25(19)30/h3-13,16-17,19,32,38H,14-15,18H2,1-2H3,(H,36,39)(H2,33,34,35,37);3-12,14,16,35,41H,13,15H2,1-2H3,(H,39,42)(H2,36,37,38,40);3-13,15,17,34,40H,14,16H2,1-2H3,(H,37,41)(H2,35,36,38,39). The zero-order valence-electron chi connectivity index (χ0n) is 68.9. The molecule has 1 aliphatic carbocycles. The minimum Gasteiger partial charge on any atom is -0.394 e. The maximum Gasteiger partial charge on any atom is 0.416 e. The van der Waals surface area contributed by atoms with Gasteiger partial charge >= 0.3 is 12.4 Å². The van der Waals surface area contributed by atoms with E-state index in [4.69, 9.17) is 14.3 Å². The molecule has 3 heterocycles. The van der Waals surface area contributed by atoms with Crippen molar-refractivity contribution in [2.45, 2.75) is 97.0 Å². The van der Waals surface area contributed by atoms with Crippen LogP contribution in [0, 0.1) is 37.6 Å². The number of aromatic nitrogens is 6. The van der Waals surface area contributed by atoms with Crippen LogP contribution >= 0.6 is 0 Å². The van der Waals surface area contributed by atoms with Crippen LogP contribution in [0.15, 0.2) is 233 Å². The number of hydrogen-bond donors (Lipinski definition) is 15. The number of aliphatic hydroxyl groups is 3. The summed E-state index contributed by atoms with van der Waals surface area (Å²) in [5.74, 6) is -3.61. The predicted molar refractivity (Wildman–Crippen MR) is 471 cm³/mol. The largest absolute Gasteiger partial charge is 0.416 e. The number of aliphatic hydroxyl groups excluding tert-OH is 3. The molecular formula is C88H86F10N18O9S3. The molecule has 0 bridgehead atoms. The molecule has 1 aliphatic rings. The van der Waals surface area contributed by atoms with Crippen molar-refractivity contribution in [2.75, 3.05) is 86.4 Å². The Kier molecular flexibility index (Phi) is 30.0. The summed E-state index contributed by atoms with van der Waals surface area (Å²) in [5, 5.41) is 54.7. The van der Waals surface area contributed by atoms with E-state index < -0.39 is 118 Å². The summed E-state index contributed by atoms with van der Waals surface area (Å²) in [4.78, 5) is 65.7. The van der Waals surface area contributed by atoms with Crippen molar-refractivity contribution in [3.05, 3.63) is 270 Å².